The third-order valence-electron chi connectivity index (χ3n) is 3.21. The van der Waals surface area contributed by atoms with E-state index in [2.05, 4.69) is 10.6 Å². The second-order valence-corrected chi connectivity index (χ2v) is 7.04. The van der Waals surface area contributed by atoms with E-state index in [0.717, 1.165) is 12.8 Å². The molecule has 1 aromatic rings. The van der Waals surface area contributed by atoms with Crippen LogP contribution in [0, 0.1) is 0 Å². The number of amides is 2. The van der Waals surface area contributed by atoms with Crippen LogP contribution in [0.3, 0.4) is 0 Å². The molecular formula is C19H28N2O5. The second-order valence-electron chi connectivity index (χ2n) is 7.04. The molecule has 0 spiro atoms. The van der Waals surface area contributed by atoms with Crippen molar-refractivity contribution in [2.24, 2.45) is 0 Å². The fraction of sp³-hybridized carbons (Fsp3) is 0.526. The van der Waals surface area contributed by atoms with Gasteiger partial charge in [0.15, 0.2) is 6.61 Å². The normalized spacial score (nSPS) is 12.0. The van der Waals surface area contributed by atoms with Gasteiger partial charge in [0.25, 0.3) is 5.91 Å². The van der Waals surface area contributed by atoms with Gasteiger partial charge < -0.3 is 14.8 Å². The lowest BCUT2D eigenvalue weighted by atomic mass is 10.2. The number of anilines is 1. The number of hydrogen-bond donors (Lipinski definition) is 2. The lowest BCUT2D eigenvalue weighted by Crippen LogP contribution is -2.35. The van der Waals surface area contributed by atoms with E-state index in [1.54, 1.807) is 39.0 Å². The van der Waals surface area contributed by atoms with Crippen LogP contribution in [-0.2, 0) is 14.3 Å². The van der Waals surface area contributed by atoms with Gasteiger partial charge in [-0.25, -0.2) is 9.59 Å². The Bertz CT molecular complexity index is 637. The van der Waals surface area contributed by atoms with Gasteiger partial charge in [-0.1, -0.05) is 19.4 Å². The van der Waals surface area contributed by atoms with Crippen LogP contribution in [0.15, 0.2) is 24.3 Å². The maximum atomic E-state index is 12.1. The van der Waals surface area contributed by atoms with Crippen molar-refractivity contribution in [3.05, 3.63) is 29.8 Å². The van der Waals surface area contributed by atoms with Crippen LogP contribution in [0.25, 0.3) is 0 Å². The molecule has 0 heterocycles. The molecule has 0 fully saturated rings. The van der Waals surface area contributed by atoms with Crippen LogP contribution in [0.5, 0.6) is 0 Å². The number of benzene rings is 1. The first-order valence-electron chi connectivity index (χ1n) is 8.67. The van der Waals surface area contributed by atoms with Gasteiger partial charge in [0.2, 0.25) is 0 Å². The predicted octanol–water partition coefficient (Wildman–Crippen LogP) is 3.50. The minimum Gasteiger partial charge on any atom is -0.452 e. The molecule has 0 aliphatic rings. The minimum atomic E-state index is -0.642. The van der Waals surface area contributed by atoms with Crippen LogP contribution in [0.4, 0.5) is 10.5 Å². The highest BCUT2D eigenvalue weighted by molar-refractivity contribution is 5.93. The number of ether oxygens (including phenoxy) is 2. The number of nitrogens with one attached hydrogen (secondary N) is 2. The molecule has 7 heteroatoms. The molecule has 0 aliphatic heterocycles. The third-order valence-corrected chi connectivity index (χ3v) is 3.21. The maximum absolute atomic E-state index is 12.1. The van der Waals surface area contributed by atoms with Gasteiger partial charge in [-0.05, 0) is 52.3 Å². The van der Waals surface area contributed by atoms with E-state index in [1.165, 1.54) is 6.07 Å². The quantitative estimate of drug-likeness (QED) is 0.722. The molecule has 144 valence electrons. The van der Waals surface area contributed by atoms with Gasteiger partial charge in [0.1, 0.15) is 5.60 Å². The SMILES string of the molecule is CCC[C@H](C)NC(=O)COC(=O)c1cccc(NC(=O)OC(C)(C)C)c1. The molecule has 0 aliphatic carbocycles. The summed E-state index contributed by atoms with van der Waals surface area (Å²) in [6.07, 6.45) is 1.20. The molecule has 0 aromatic heterocycles. The average Bonchev–Trinajstić information content (AvgIpc) is 2.51. The van der Waals surface area contributed by atoms with Gasteiger partial charge in [0, 0.05) is 11.7 Å². The van der Waals surface area contributed by atoms with Crippen molar-refractivity contribution in [2.75, 3.05) is 11.9 Å². The number of carbonyl (C=O) groups excluding carboxylic acids is 3. The Labute approximate surface area is 154 Å². The van der Waals surface area contributed by atoms with Crippen molar-refractivity contribution in [3.8, 4) is 0 Å². The molecule has 26 heavy (non-hydrogen) atoms. The Morgan fingerprint density at radius 1 is 1.19 bits per heavy atom. The first-order chi connectivity index (χ1) is 12.1. The molecular weight excluding hydrogens is 336 g/mol. The summed E-state index contributed by atoms with van der Waals surface area (Å²) in [6.45, 7) is 8.85. The summed E-state index contributed by atoms with van der Waals surface area (Å²) < 4.78 is 10.2. The molecule has 7 nitrogen and oxygen atoms in total. The van der Waals surface area contributed by atoms with Crippen LogP contribution in [0.2, 0.25) is 0 Å². The van der Waals surface area contributed by atoms with Gasteiger partial charge in [0.05, 0.1) is 5.56 Å². The largest absolute Gasteiger partial charge is 0.452 e. The Hall–Kier alpha value is -2.57. The lowest BCUT2D eigenvalue weighted by molar-refractivity contribution is -0.124. The van der Waals surface area contributed by atoms with Gasteiger partial charge in [-0.2, -0.15) is 0 Å². The van der Waals surface area contributed by atoms with E-state index in [1.807, 2.05) is 13.8 Å². The van der Waals surface area contributed by atoms with E-state index < -0.39 is 17.7 Å². The zero-order chi connectivity index (χ0) is 19.7. The fourth-order valence-corrected chi connectivity index (χ4v) is 2.18. The molecule has 0 unspecified atom stereocenters. The Kier molecular flexibility index (Phi) is 8.09. The van der Waals surface area contributed by atoms with E-state index in [-0.39, 0.29) is 24.1 Å². The van der Waals surface area contributed by atoms with Crippen LogP contribution < -0.4 is 10.6 Å². The summed E-state index contributed by atoms with van der Waals surface area (Å²) in [7, 11) is 0. The number of hydrogen-bond acceptors (Lipinski definition) is 5. The first-order valence-corrected chi connectivity index (χ1v) is 8.67. The lowest BCUT2D eigenvalue weighted by Gasteiger charge is -2.19. The summed E-state index contributed by atoms with van der Waals surface area (Å²) in [5, 5.41) is 5.31. The predicted molar refractivity (Wildman–Crippen MR) is 99.1 cm³/mol. The van der Waals surface area contributed by atoms with Crippen LogP contribution in [0.1, 0.15) is 57.8 Å². The highest BCUT2D eigenvalue weighted by Gasteiger charge is 2.17. The van der Waals surface area contributed by atoms with E-state index in [9.17, 15) is 14.4 Å². The first kappa shape index (κ1) is 21.5. The van der Waals surface area contributed by atoms with Crippen molar-refractivity contribution in [1.29, 1.82) is 0 Å². The molecule has 2 N–H and O–H groups in total. The summed E-state index contributed by atoms with van der Waals surface area (Å²) in [4.78, 5) is 35.6. The van der Waals surface area contributed by atoms with Crippen LogP contribution >= 0.6 is 0 Å². The fourth-order valence-electron chi connectivity index (χ4n) is 2.18. The minimum absolute atomic E-state index is 0.0348. The average molecular weight is 364 g/mol. The number of esters is 1. The van der Waals surface area contributed by atoms with Crippen molar-refractivity contribution in [2.45, 2.75) is 59.1 Å². The number of rotatable bonds is 7. The topological polar surface area (TPSA) is 93.7 Å². The summed E-state index contributed by atoms with van der Waals surface area (Å²) >= 11 is 0. The number of carbonyl (C=O) groups is 3. The van der Waals surface area contributed by atoms with E-state index in [0.29, 0.717) is 5.69 Å². The molecule has 0 radical (unpaired) electrons. The van der Waals surface area contributed by atoms with Crippen molar-refractivity contribution in [1.82, 2.24) is 5.32 Å². The van der Waals surface area contributed by atoms with Crippen LogP contribution in [-0.4, -0.2) is 36.2 Å². The Morgan fingerprint density at radius 3 is 2.50 bits per heavy atom. The van der Waals surface area contributed by atoms with Gasteiger partial charge in [-0.15, -0.1) is 0 Å². The van der Waals surface area contributed by atoms with Crippen molar-refractivity contribution < 1.29 is 23.9 Å². The smallest absolute Gasteiger partial charge is 0.412 e. The molecule has 1 atom stereocenters. The van der Waals surface area contributed by atoms with Crippen molar-refractivity contribution in [3.63, 3.8) is 0 Å². The summed E-state index contributed by atoms with van der Waals surface area (Å²) in [5.41, 5.74) is 0.00536. The molecule has 0 saturated carbocycles. The molecule has 1 aromatic carbocycles. The highest BCUT2D eigenvalue weighted by atomic mass is 16.6. The highest BCUT2D eigenvalue weighted by Crippen LogP contribution is 2.14. The molecule has 1 rings (SSSR count). The zero-order valence-electron chi connectivity index (χ0n) is 16.0. The summed E-state index contributed by atoms with van der Waals surface area (Å²) in [5.74, 6) is -0.988. The zero-order valence-corrected chi connectivity index (χ0v) is 16.0. The van der Waals surface area contributed by atoms with E-state index in [4.69, 9.17) is 9.47 Å². The van der Waals surface area contributed by atoms with Gasteiger partial charge >= 0.3 is 12.1 Å². The monoisotopic (exact) mass is 364 g/mol. The Balaban J connectivity index is 2.57. The maximum Gasteiger partial charge on any atom is 0.412 e. The molecule has 0 saturated heterocycles. The van der Waals surface area contributed by atoms with E-state index >= 15 is 0 Å². The molecule has 0 bridgehead atoms. The van der Waals surface area contributed by atoms with Crippen molar-refractivity contribution >= 4 is 23.7 Å². The summed E-state index contributed by atoms with van der Waals surface area (Å²) in [6, 6.07) is 6.27. The standard InChI is InChI=1S/C19H28N2O5/c1-6-8-13(2)20-16(22)12-25-17(23)14-9-7-10-15(11-14)21-18(24)26-19(3,4)5/h7,9-11,13H,6,8,12H2,1-5H3,(H,20,22)(H,21,24)/t13-/m0/s1. The Morgan fingerprint density at radius 2 is 1.88 bits per heavy atom. The second kappa shape index (κ2) is 9.79. The molecule has 2 amide bonds. The van der Waals surface area contributed by atoms with Gasteiger partial charge in [-0.3, -0.25) is 10.1 Å². The third kappa shape index (κ3) is 8.50.